The quantitative estimate of drug-likeness (QED) is 0.0847. The number of aromatic amines is 1. The summed E-state index contributed by atoms with van der Waals surface area (Å²) >= 11 is 5.27. The molecular weight excluding hydrogens is 987 g/mol. The lowest BCUT2D eigenvalue weighted by Crippen LogP contribution is -2.25. The first-order chi connectivity index (χ1) is 35.9. The minimum Gasteiger partial charge on any atom is -0.454 e. The van der Waals surface area contributed by atoms with Gasteiger partial charge >= 0.3 is 0 Å². The highest BCUT2D eigenvalue weighted by Crippen LogP contribution is 2.53. The first-order valence-electron chi connectivity index (χ1n) is 26.3. The van der Waals surface area contributed by atoms with Crippen molar-refractivity contribution >= 4 is 45.0 Å². The van der Waals surface area contributed by atoms with E-state index in [2.05, 4.69) is 93.6 Å². The zero-order chi connectivity index (χ0) is 53.7. The number of methoxy groups -OCH3 is 1. The van der Waals surface area contributed by atoms with E-state index in [1.54, 1.807) is 7.11 Å². The molecule has 6 aromatic rings. The van der Waals surface area contributed by atoms with Crippen molar-refractivity contribution in [3.8, 4) is 23.0 Å². The normalized spacial score (nSPS) is 19.1. The maximum atomic E-state index is 13.5. The molecule has 3 unspecified atom stereocenters. The number of ketones is 2. The van der Waals surface area contributed by atoms with Crippen LogP contribution in [0.2, 0.25) is 0 Å². The Morgan fingerprint density at radius 2 is 1.30 bits per heavy atom. The van der Waals surface area contributed by atoms with Gasteiger partial charge in [-0.3, -0.25) is 14.0 Å². The second kappa shape index (κ2) is 25.4. The summed E-state index contributed by atoms with van der Waals surface area (Å²) in [5.41, 5.74) is 7.94. The van der Waals surface area contributed by atoms with Crippen molar-refractivity contribution in [2.75, 3.05) is 60.2 Å². The van der Waals surface area contributed by atoms with Crippen LogP contribution in [-0.2, 0) is 64.8 Å². The molecule has 4 aliphatic heterocycles. The minimum atomic E-state index is -0.584. The second-order valence-electron chi connectivity index (χ2n) is 22.0. The van der Waals surface area contributed by atoms with Crippen LogP contribution in [0.15, 0.2) is 84.9 Å². The van der Waals surface area contributed by atoms with E-state index in [0.717, 1.165) is 119 Å². The molecule has 4 aromatic carbocycles. The molecule has 12 nitrogen and oxygen atoms in total. The van der Waals surface area contributed by atoms with E-state index < -0.39 is 11.5 Å². The lowest BCUT2D eigenvalue weighted by molar-refractivity contribution is -0.121. The lowest BCUT2D eigenvalue weighted by atomic mass is 9.87. The van der Waals surface area contributed by atoms with E-state index in [-0.39, 0.29) is 69.4 Å². The zero-order valence-corrected chi connectivity index (χ0v) is 45.0. The molecule has 2 aromatic heterocycles. The van der Waals surface area contributed by atoms with Crippen LogP contribution in [0.3, 0.4) is 0 Å². The van der Waals surface area contributed by atoms with Crippen LogP contribution in [0.1, 0.15) is 130 Å². The van der Waals surface area contributed by atoms with Crippen molar-refractivity contribution < 1.29 is 53.6 Å². The monoisotopic (exact) mass is 1070 g/mol. The van der Waals surface area contributed by atoms with E-state index in [4.69, 9.17) is 46.1 Å². The largest absolute Gasteiger partial charge is 0.454 e. The van der Waals surface area contributed by atoms with E-state index in [0.29, 0.717) is 38.5 Å². The molecule has 2 saturated heterocycles. The number of carbonyl (C=O) groups excluding carboxylic acids is 2. The Hall–Kier alpha value is -5.44. The zero-order valence-electron chi connectivity index (χ0n) is 45.2. The minimum absolute atomic E-state index is 0. The Balaban J connectivity index is 0.000000200. The van der Waals surface area contributed by atoms with E-state index in [1.165, 1.54) is 11.1 Å². The van der Waals surface area contributed by atoms with Crippen molar-refractivity contribution in [3.63, 3.8) is 0 Å². The van der Waals surface area contributed by atoms with Gasteiger partial charge in [-0.15, -0.1) is 11.6 Å². The molecule has 0 radical (unpaired) electrons. The standard InChI is InChI=1S/C28H33NO5.C24H25NO3.C4H8O.C3H5ClO.CH3F.2CH4/c1-27(2,3)25-13-19-11-18(5-7-22(19)29(25)15-21(30)16-32-4)12-26(31)28(9-10-28)20-6-8-23-24(14-20)34-17-33-23;1-23(2,3)21-12-16-10-15(4-6-18(16)25-21)11-22(26)24(8-9-24)17-5-7-19-20(13-17)28-14-27-19;1-2-4-5-3-1;4-1-3-2-5-3;1-2;;/h5-8,11,13-14,21,30H,9-10,12,15-17H2,1-4H3;4-7,10,12-13,25H,8-9,11,14H2,1-3H3;1-4H2;3H,1-2H2;1H3;2*1H4/i;;3D;;;;. The third-order valence-corrected chi connectivity index (χ3v) is 14.7. The molecule has 2 aliphatic carbocycles. The van der Waals surface area contributed by atoms with Crippen LogP contribution in [0.4, 0.5) is 4.39 Å². The molecule has 14 heteroatoms. The number of benzene rings is 4. The lowest BCUT2D eigenvalue weighted by Gasteiger charge is -2.23. The Morgan fingerprint density at radius 1 is 0.763 bits per heavy atom. The van der Waals surface area contributed by atoms with Crippen LogP contribution in [-0.4, -0.2) is 98.6 Å². The summed E-state index contributed by atoms with van der Waals surface area (Å²) in [5, 5.41) is 12.7. The molecule has 0 amide bonds. The number of nitrogens with zero attached hydrogens (tertiary/aromatic N) is 1. The highest BCUT2D eigenvalue weighted by molar-refractivity contribution is 6.18. The summed E-state index contributed by atoms with van der Waals surface area (Å²) in [5.74, 6) is 4.19. The summed E-state index contributed by atoms with van der Waals surface area (Å²) in [6.07, 6.45) is 6.24. The third kappa shape index (κ3) is 14.0. The maximum absolute atomic E-state index is 13.5. The molecule has 76 heavy (non-hydrogen) atoms. The summed E-state index contributed by atoms with van der Waals surface area (Å²) in [6, 6.07) is 28.7. The van der Waals surface area contributed by atoms with Crippen LogP contribution < -0.4 is 18.9 Å². The Morgan fingerprint density at radius 3 is 1.74 bits per heavy atom. The number of epoxide rings is 1. The molecule has 3 atom stereocenters. The van der Waals surface area contributed by atoms with Crippen LogP contribution >= 0.6 is 11.6 Å². The fourth-order valence-electron chi connectivity index (χ4n) is 9.78. The first kappa shape index (κ1) is 58.2. The van der Waals surface area contributed by atoms with Crippen molar-refractivity contribution in [1.82, 2.24) is 9.55 Å². The van der Waals surface area contributed by atoms with Gasteiger partial charge < -0.3 is 47.8 Å². The molecule has 0 bridgehead atoms. The van der Waals surface area contributed by atoms with Gasteiger partial charge in [-0.1, -0.05) is 80.7 Å². The SMILES string of the molecule is C.C.CC(C)(C)c1cc2cc(CC(=O)C3(c4ccc5c(c4)OCO5)CC3)ccc2[nH]1.CF.COCC(O)Cn1c(C(C)(C)C)cc2cc(CC(=O)C3(c4ccc5c(c4)OCO5)CC3)ccc21.ClCC1CO1.[2H]C1CCCO1. The van der Waals surface area contributed by atoms with Crippen molar-refractivity contribution in [2.45, 2.75) is 148 Å². The highest BCUT2D eigenvalue weighted by atomic mass is 35.5. The number of alkyl halides is 2. The number of halogens is 2. The number of H-pyrrole nitrogens is 1. The number of fused-ring (bicyclic) bond motifs is 4. The first-order valence-corrected chi connectivity index (χ1v) is 26.3. The summed E-state index contributed by atoms with van der Waals surface area (Å²) < 4.78 is 55.1. The van der Waals surface area contributed by atoms with Gasteiger partial charge in [0, 0.05) is 71.8 Å². The number of carbonyl (C=O) groups is 2. The predicted molar refractivity (Wildman–Crippen MR) is 301 cm³/mol. The third-order valence-electron chi connectivity index (χ3n) is 14.4. The molecule has 2 saturated carbocycles. The number of hydrogen-bond donors (Lipinski definition) is 2. The Kier molecular flexibility index (Phi) is 19.4. The van der Waals surface area contributed by atoms with Crippen LogP contribution in [0.5, 0.6) is 23.0 Å². The molecule has 0 spiro atoms. The van der Waals surface area contributed by atoms with Gasteiger partial charge in [-0.05, 0) is 127 Å². The molecular formula is C62H82ClFN2O10. The molecule has 414 valence electrons. The number of aliphatic hydroxyl groups is 1. The van der Waals surface area contributed by atoms with Crippen LogP contribution in [0, 0.1) is 0 Å². The number of aromatic nitrogens is 2. The number of aliphatic hydroxyl groups excluding tert-OH is 1. The van der Waals surface area contributed by atoms with E-state index in [9.17, 15) is 19.1 Å². The fourth-order valence-corrected chi connectivity index (χ4v) is 9.96. The average molecular weight is 1070 g/mol. The number of Topliss-reactive ketones (excluding diaryl/α,β-unsaturated/α-hetero) is 2. The van der Waals surface area contributed by atoms with Gasteiger partial charge in [0.25, 0.3) is 0 Å². The molecule has 12 rings (SSSR count). The van der Waals surface area contributed by atoms with E-state index >= 15 is 0 Å². The molecule has 6 heterocycles. The Labute approximate surface area is 456 Å². The van der Waals surface area contributed by atoms with Gasteiger partial charge in [-0.25, -0.2) is 0 Å². The molecule has 4 fully saturated rings. The number of ether oxygens (including phenoxy) is 7. The smallest absolute Gasteiger partial charge is 0.231 e. The summed E-state index contributed by atoms with van der Waals surface area (Å²) in [7, 11) is 2.10. The number of nitrogens with one attached hydrogen (secondary N) is 1. The van der Waals surface area contributed by atoms with Gasteiger partial charge in [0.1, 0.15) is 11.6 Å². The number of rotatable bonds is 13. The number of hydrogen-bond acceptors (Lipinski definition) is 10. The average Bonchev–Trinajstić information content (AvgIpc) is 4.33. The predicted octanol–water partition coefficient (Wildman–Crippen LogP) is 12.8. The second-order valence-corrected chi connectivity index (χ2v) is 22.3. The topological polar surface area (TPSA) is 143 Å². The summed E-state index contributed by atoms with van der Waals surface area (Å²) in [4.78, 5) is 30.2. The van der Waals surface area contributed by atoms with E-state index in [1.807, 2.05) is 42.5 Å². The van der Waals surface area contributed by atoms with Gasteiger partial charge in [0.2, 0.25) is 13.6 Å². The molecule has 6 aliphatic rings. The van der Waals surface area contributed by atoms with Crippen molar-refractivity contribution in [1.29, 1.82) is 0 Å². The van der Waals surface area contributed by atoms with Crippen molar-refractivity contribution in [3.05, 3.63) is 119 Å². The summed E-state index contributed by atoms with van der Waals surface area (Å²) in [6.45, 7) is 15.8. The molecule has 2 N–H and O–H groups in total. The fraction of sp³-hybridized carbons (Fsp3) is 0.516. The van der Waals surface area contributed by atoms with Gasteiger partial charge in [0.05, 0.1) is 57.2 Å². The van der Waals surface area contributed by atoms with Crippen LogP contribution in [0.25, 0.3) is 21.8 Å². The highest BCUT2D eigenvalue weighted by Gasteiger charge is 2.52. The van der Waals surface area contributed by atoms with Gasteiger partial charge in [-0.2, -0.15) is 0 Å². The maximum Gasteiger partial charge on any atom is 0.231 e. The van der Waals surface area contributed by atoms with Crippen molar-refractivity contribution in [2.24, 2.45) is 0 Å². The van der Waals surface area contributed by atoms with Gasteiger partial charge in [0.15, 0.2) is 23.0 Å². The Bertz CT molecular complexity index is 2940.